The van der Waals surface area contributed by atoms with Gasteiger partial charge in [-0.2, -0.15) is 0 Å². The molecule has 2 saturated carbocycles. The Morgan fingerprint density at radius 1 is 1.08 bits per heavy atom. The summed E-state index contributed by atoms with van der Waals surface area (Å²) in [6, 6.07) is -0.110. The summed E-state index contributed by atoms with van der Waals surface area (Å²) >= 11 is 0. The predicted octanol–water partition coefficient (Wildman–Crippen LogP) is 7.22. The van der Waals surface area contributed by atoms with E-state index in [0.29, 0.717) is 56.9 Å². The number of nitrogens with zero attached hydrogens (tertiary/aromatic N) is 5. The van der Waals surface area contributed by atoms with Crippen molar-refractivity contribution < 1.29 is 37.0 Å². The molecule has 3 fully saturated rings. The summed E-state index contributed by atoms with van der Waals surface area (Å²) in [6.45, 7) is 30.1. The first kappa shape index (κ1) is 46.1. The van der Waals surface area contributed by atoms with Gasteiger partial charge in [-0.3, -0.25) is 10.4 Å². The number of allylic oxidation sites excluding steroid dienone is 1. The molecule has 7 unspecified atom stereocenters. The monoisotopic (exact) mass is 839 g/mol. The Bertz CT molecular complexity index is 1990. The van der Waals surface area contributed by atoms with Gasteiger partial charge in [-0.05, 0) is 70.1 Å². The van der Waals surface area contributed by atoms with Crippen LogP contribution in [0.2, 0.25) is 0 Å². The van der Waals surface area contributed by atoms with Crippen molar-refractivity contribution in [1.29, 1.82) is 0 Å². The predicted molar refractivity (Wildman–Crippen MR) is 227 cm³/mol. The van der Waals surface area contributed by atoms with Crippen molar-refractivity contribution in [2.75, 3.05) is 46.3 Å². The van der Waals surface area contributed by atoms with Gasteiger partial charge in [0.05, 0.1) is 31.8 Å². The van der Waals surface area contributed by atoms with Gasteiger partial charge in [-0.25, -0.2) is 36.7 Å². The van der Waals surface area contributed by atoms with E-state index < -0.39 is 28.2 Å². The first-order chi connectivity index (χ1) is 27.9. The van der Waals surface area contributed by atoms with Gasteiger partial charge in [0, 0.05) is 57.1 Å². The summed E-state index contributed by atoms with van der Waals surface area (Å²) in [5.41, 5.74) is 0.900. The van der Waals surface area contributed by atoms with Crippen molar-refractivity contribution in [3.63, 3.8) is 0 Å². The SMILES string of the molecule is [C-]#[N+]c1c(C(=O)OC2C(C=C(C)C)CC(C)CC2C(C)(C)C)c2nc(C3CCC(OC)C(NCOC4CCN(S(C)(=O)=O)CC4)C3)[nH]n2c1OC(=O)N(CC=C)CC=C. The summed E-state index contributed by atoms with van der Waals surface area (Å²) in [7, 11) is -1.54. The van der Waals surface area contributed by atoms with Crippen LogP contribution < -0.4 is 10.1 Å². The van der Waals surface area contributed by atoms with Gasteiger partial charge in [0.15, 0.2) is 5.65 Å². The molecule has 0 bridgehead atoms. The van der Waals surface area contributed by atoms with Crippen molar-refractivity contribution in [1.82, 2.24) is 29.1 Å². The maximum Gasteiger partial charge on any atom is 0.416 e. The van der Waals surface area contributed by atoms with Gasteiger partial charge >= 0.3 is 12.1 Å². The van der Waals surface area contributed by atoms with Crippen LogP contribution >= 0.6 is 0 Å². The van der Waals surface area contributed by atoms with Crippen LogP contribution in [0.3, 0.4) is 0 Å². The molecule has 2 aliphatic carbocycles. The van der Waals surface area contributed by atoms with Crippen molar-refractivity contribution in [3.8, 4) is 5.88 Å². The Balaban J connectivity index is 1.47. The van der Waals surface area contributed by atoms with E-state index in [0.717, 1.165) is 18.4 Å². The first-order valence-corrected chi connectivity index (χ1v) is 22.6. The zero-order valence-corrected chi connectivity index (χ0v) is 37.0. The van der Waals surface area contributed by atoms with Crippen molar-refractivity contribution >= 4 is 33.4 Å². The van der Waals surface area contributed by atoms with E-state index in [1.165, 1.54) is 20.0 Å². The molecule has 326 valence electrons. The molecular formula is C43H65N7O8S. The zero-order chi connectivity index (χ0) is 43.2. The zero-order valence-electron chi connectivity index (χ0n) is 36.2. The fraction of sp³-hybridized carbons (Fsp3) is 0.674. The molecule has 2 aromatic rings. The summed E-state index contributed by atoms with van der Waals surface area (Å²) in [4.78, 5) is 38.4. The highest BCUT2D eigenvalue weighted by atomic mass is 32.2. The van der Waals surface area contributed by atoms with E-state index in [-0.39, 0.29) is 84.0 Å². The number of hydrogen-bond acceptors (Lipinski definition) is 10. The lowest BCUT2D eigenvalue weighted by atomic mass is 9.64. The van der Waals surface area contributed by atoms with Crippen LogP contribution in [0.25, 0.3) is 10.5 Å². The fourth-order valence-corrected chi connectivity index (χ4v) is 9.96. The lowest BCUT2D eigenvalue weighted by Crippen LogP contribution is -2.47. The minimum atomic E-state index is -3.23. The van der Waals surface area contributed by atoms with Gasteiger partial charge in [0.2, 0.25) is 15.9 Å². The normalized spacial score (nSPS) is 25.8. The van der Waals surface area contributed by atoms with Crippen LogP contribution in [0, 0.1) is 29.7 Å². The molecule has 2 aromatic heterocycles. The first-order valence-electron chi connectivity index (χ1n) is 20.8. The van der Waals surface area contributed by atoms with E-state index in [1.54, 1.807) is 19.3 Å². The second-order valence-electron chi connectivity index (χ2n) is 17.9. The van der Waals surface area contributed by atoms with Gasteiger partial charge in [0.25, 0.3) is 5.69 Å². The largest absolute Gasteiger partial charge is 0.459 e. The number of rotatable bonds is 15. The van der Waals surface area contributed by atoms with E-state index in [2.05, 4.69) is 62.2 Å². The maximum absolute atomic E-state index is 14.7. The van der Waals surface area contributed by atoms with Crippen molar-refractivity contribution in [2.24, 2.45) is 23.2 Å². The number of aromatic nitrogens is 3. The Morgan fingerprint density at radius 3 is 2.34 bits per heavy atom. The van der Waals surface area contributed by atoms with Crippen molar-refractivity contribution in [3.05, 3.63) is 59.8 Å². The van der Waals surface area contributed by atoms with Crippen LogP contribution in [-0.4, -0.2) is 115 Å². The molecule has 0 spiro atoms. The van der Waals surface area contributed by atoms with Crippen LogP contribution in [0.15, 0.2) is 37.0 Å². The Kier molecular flexibility index (Phi) is 15.3. The molecule has 3 aliphatic rings. The molecule has 0 aromatic carbocycles. The number of carbonyl (C=O) groups is 2. The number of H-pyrrole nitrogens is 1. The number of methoxy groups -OCH3 is 1. The fourth-order valence-electron chi connectivity index (χ4n) is 9.08. The van der Waals surface area contributed by atoms with E-state index in [9.17, 15) is 18.0 Å². The number of carbonyl (C=O) groups excluding carboxylic acids is 2. The molecule has 16 heteroatoms. The topological polar surface area (TPSA) is 161 Å². The molecule has 1 aliphatic heterocycles. The lowest BCUT2D eigenvalue weighted by Gasteiger charge is -2.45. The maximum atomic E-state index is 14.7. The second kappa shape index (κ2) is 19.6. The van der Waals surface area contributed by atoms with Crippen LogP contribution in [0.5, 0.6) is 5.88 Å². The molecule has 5 rings (SSSR count). The number of ether oxygens (including phenoxy) is 4. The number of amides is 1. The smallest absolute Gasteiger partial charge is 0.416 e. The number of aromatic amines is 1. The number of nitrogens with one attached hydrogen (secondary N) is 2. The second-order valence-corrected chi connectivity index (χ2v) is 19.8. The highest BCUT2D eigenvalue weighted by Crippen LogP contribution is 2.47. The van der Waals surface area contributed by atoms with E-state index in [1.807, 2.05) is 13.8 Å². The number of fused-ring (bicyclic) bond motifs is 1. The standard InChI is InChI=1S/C43H65N7O8S/c1-12-18-48(19-13-2)42(52)58-40-36(44-9)35(41(51)57-37-30(22-27(3)4)23-28(5)24-32(37)43(6,7)8)39-46-38(47-50(39)40)29-14-15-34(55-10)33(25-29)45-26-56-31-16-20-49(21-17-31)59(11,53)54/h12-13,22,28-34,37,45H,1-2,14-21,23-26H2,3-8,10-11H3,(H,46,47). The van der Waals surface area contributed by atoms with Gasteiger partial charge < -0.3 is 23.8 Å². The third-order valence-corrected chi connectivity index (χ3v) is 13.4. The number of sulfonamides is 1. The van der Waals surface area contributed by atoms with Gasteiger partial charge in [0.1, 0.15) is 17.5 Å². The third-order valence-electron chi connectivity index (χ3n) is 12.1. The quantitative estimate of drug-likeness (QED) is 0.0811. The molecule has 1 saturated heterocycles. The van der Waals surface area contributed by atoms with Gasteiger partial charge in [-0.15, -0.1) is 13.2 Å². The molecule has 2 N–H and O–H groups in total. The lowest BCUT2D eigenvalue weighted by molar-refractivity contribution is -0.0535. The number of esters is 1. The Morgan fingerprint density at radius 2 is 1.76 bits per heavy atom. The highest BCUT2D eigenvalue weighted by molar-refractivity contribution is 7.88. The number of hydrogen-bond donors (Lipinski definition) is 2. The van der Waals surface area contributed by atoms with E-state index >= 15 is 0 Å². The molecular weight excluding hydrogens is 775 g/mol. The van der Waals surface area contributed by atoms with Gasteiger partial charge in [-0.1, -0.05) is 51.5 Å². The summed E-state index contributed by atoms with van der Waals surface area (Å²) in [5.74, 6) is 0.0698. The minimum absolute atomic E-state index is 0.0190. The molecule has 3 heterocycles. The van der Waals surface area contributed by atoms with Crippen LogP contribution in [-0.2, 0) is 24.2 Å². The molecule has 0 radical (unpaired) electrons. The Hall–Kier alpha value is -4.01. The average molecular weight is 840 g/mol. The third kappa shape index (κ3) is 11.0. The molecule has 59 heavy (non-hydrogen) atoms. The summed E-state index contributed by atoms with van der Waals surface area (Å²) in [5, 5.41) is 6.81. The number of piperidine rings is 1. The molecule has 1 amide bonds. The Labute approximate surface area is 350 Å². The highest BCUT2D eigenvalue weighted by Gasteiger charge is 2.45. The average Bonchev–Trinajstić information content (AvgIpc) is 3.72. The van der Waals surface area contributed by atoms with Crippen LogP contribution in [0.4, 0.5) is 10.5 Å². The minimum Gasteiger partial charge on any atom is -0.459 e. The molecule has 15 nitrogen and oxygen atoms in total. The molecule has 7 atom stereocenters. The van der Waals surface area contributed by atoms with Crippen molar-refractivity contribution in [2.45, 2.75) is 117 Å². The summed E-state index contributed by atoms with van der Waals surface area (Å²) in [6.07, 6.45) is 10.2. The van der Waals surface area contributed by atoms with E-state index in [4.69, 9.17) is 30.5 Å². The summed E-state index contributed by atoms with van der Waals surface area (Å²) < 4.78 is 51.3. The van der Waals surface area contributed by atoms with Crippen LogP contribution in [0.1, 0.15) is 109 Å².